The second-order valence-electron chi connectivity index (χ2n) is 4.85. The zero-order chi connectivity index (χ0) is 13.5. The summed E-state index contributed by atoms with van der Waals surface area (Å²) >= 11 is 0. The van der Waals surface area contributed by atoms with Crippen LogP contribution in [-0.2, 0) is 0 Å². The molecule has 0 radical (unpaired) electrons. The average Bonchev–Trinajstić information content (AvgIpc) is 2.90. The van der Waals surface area contributed by atoms with E-state index in [9.17, 15) is 4.79 Å². The third-order valence-corrected chi connectivity index (χ3v) is 3.63. The van der Waals surface area contributed by atoms with E-state index in [1.807, 2.05) is 60.8 Å². The molecule has 3 nitrogen and oxygen atoms in total. The Labute approximate surface area is 114 Å². The lowest BCUT2D eigenvalue weighted by atomic mass is 10.0. The number of aromatic amines is 2. The van der Waals surface area contributed by atoms with Gasteiger partial charge in [-0.2, -0.15) is 0 Å². The summed E-state index contributed by atoms with van der Waals surface area (Å²) in [4.78, 5) is 18.5. The second-order valence-corrected chi connectivity index (χ2v) is 4.85. The van der Waals surface area contributed by atoms with Gasteiger partial charge in [-0.05, 0) is 23.6 Å². The van der Waals surface area contributed by atoms with Crippen LogP contribution in [0.5, 0.6) is 0 Å². The molecule has 0 saturated heterocycles. The predicted octanol–water partition coefficient (Wildman–Crippen LogP) is 3.68. The van der Waals surface area contributed by atoms with Crippen molar-refractivity contribution in [2.75, 3.05) is 0 Å². The lowest BCUT2D eigenvalue weighted by Gasteiger charge is -2.02. The molecule has 96 valence electrons. The van der Waals surface area contributed by atoms with Gasteiger partial charge in [-0.3, -0.25) is 4.79 Å². The third kappa shape index (κ3) is 1.57. The quantitative estimate of drug-likeness (QED) is 0.539. The topological polar surface area (TPSA) is 48.6 Å². The molecule has 2 N–H and O–H groups in total. The molecule has 4 rings (SSSR count). The Balaban J connectivity index is 2.07. The van der Waals surface area contributed by atoms with Crippen LogP contribution in [-0.4, -0.2) is 9.97 Å². The SMILES string of the molecule is O=c1[nH]c2ccccc2cc1-c1c[nH]c2ccccc12. The standard InChI is InChI=1S/C17H12N2O/c20-17-13(9-11-5-1-3-7-15(11)19-17)14-10-18-16-8-4-2-6-12(14)16/h1-10,18H,(H,19,20). The van der Waals surface area contributed by atoms with Crippen molar-refractivity contribution in [3.63, 3.8) is 0 Å². The molecule has 0 aliphatic carbocycles. The van der Waals surface area contributed by atoms with Crippen LogP contribution in [0.1, 0.15) is 0 Å². The number of rotatable bonds is 1. The molecule has 20 heavy (non-hydrogen) atoms. The number of aromatic nitrogens is 2. The van der Waals surface area contributed by atoms with Crippen molar-refractivity contribution in [3.05, 3.63) is 71.1 Å². The molecule has 0 spiro atoms. The number of hydrogen-bond acceptors (Lipinski definition) is 1. The molecule has 2 aromatic carbocycles. The lowest BCUT2D eigenvalue weighted by molar-refractivity contribution is 1.31. The Morgan fingerprint density at radius 2 is 1.55 bits per heavy atom. The van der Waals surface area contributed by atoms with E-state index in [0.29, 0.717) is 5.56 Å². The molecular weight excluding hydrogens is 248 g/mol. The molecule has 0 bridgehead atoms. The highest BCUT2D eigenvalue weighted by Crippen LogP contribution is 2.27. The molecule has 0 aliphatic rings. The first kappa shape index (κ1) is 11.1. The van der Waals surface area contributed by atoms with Crippen LogP contribution < -0.4 is 5.56 Å². The summed E-state index contributed by atoms with van der Waals surface area (Å²) in [7, 11) is 0. The first-order valence-corrected chi connectivity index (χ1v) is 6.51. The number of fused-ring (bicyclic) bond motifs is 2. The van der Waals surface area contributed by atoms with Gasteiger partial charge >= 0.3 is 0 Å². The van der Waals surface area contributed by atoms with E-state index in [0.717, 1.165) is 27.4 Å². The highest BCUT2D eigenvalue weighted by atomic mass is 16.1. The van der Waals surface area contributed by atoms with Crippen LogP contribution in [0.4, 0.5) is 0 Å². The van der Waals surface area contributed by atoms with Crippen LogP contribution in [0.2, 0.25) is 0 Å². The summed E-state index contributed by atoms with van der Waals surface area (Å²) in [5, 5.41) is 2.10. The number of pyridine rings is 1. The smallest absolute Gasteiger partial charge is 0.256 e. The van der Waals surface area contributed by atoms with Gasteiger partial charge in [-0.25, -0.2) is 0 Å². The molecule has 0 aliphatic heterocycles. The highest BCUT2D eigenvalue weighted by molar-refractivity contribution is 5.97. The van der Waals surface area contributed by atoms with Gasteiger partial charge in [0.15, 0.2) is 0 Å². The number of benzene rings is 2. The van der Waals surface area contributed by atoms with Crippen LogP contribution in [0.3, 0.4) is 0 Å². The molecule has 2 aromatic heterocycles. The molecule has 0 unspecified atom stereocenters. The Morgan fingerprint density at radius 3 is 2.45 bits per heavy atom. The normalized spacial score (nSPS) is 11.2. The van der Waals surface area contributed by atoms with Gasteiger partial charge in [-0.15, -0.1) is 0 Å². The summed E-state index contributed by atoms with van der Waals surface area (Å²) < 4.78 is 0. The molecule has 2 heterocycles. The van der Waals surface area contributed by atoms with Gasteiger partial charge in [0.05, 0.1) is 0 Å². The number of hydrogen-bond donors (Lipinski definition) is 2. The molecule has 0 saturated carbocycles. The molecule has 0 amide bonds. The Morgan fingerprint density at radius 1 is 0.800 bits per heavy atom. The van der Waals surface area contributed by atoms with Crippen molar-refractivity contribution in [3.8, 4) is 11.1 Å². The molecule has 3 heteroatoms. The number of H-pyrrole nitrogens is 2. The zero-order valence-corrected chi connectivity index (χ0v) is 10.7. The van der Waals surface area contributed by atoms with Gasteiger partial charge in [0.2, 0.25) is 0 Å². The largest absolute Gasteiger partial charge is 0.361 e. The Kier molecular flexibility index (Phi) is 2.27. The first-order chi connectivity index (χ1) is 9.83. The molecule has 4 aromatic rings. The van der Waals surface area contributed by atoms with Crippen LogP contribution in [0.15, 0.2) is 65.6 Å². The van der Waals surface area contributed by atoms with Crippen LogP contribution >= 0.6 is 0 Å². The lowest BCUT2D eigenvalue weighted by Crippen LogP contribution is -2.08. The van der Waals surface area contributed by atoms with Crippen LogP contribution in [0.25, 0.3) is 32.9 Å². The minimum atomic E-state index is -0.0616. The maximum Gasteiger partial charge on any atom is 0.256 e. The van der Waals surface area contributed by atoms with Crippen molar-refractivity contribution < 1.29 is 0 Å². The minimum Gasteiger partial charge on any atom is -0.361 e. The van der Waals surface area contributed by atoms with Crippen molar-refractivity contribution in [2.24, 2.45) is 0 Å². The summed E-state index contributed by atoms with van der Waals surface area (Å²) in [6.07, 6.45) is 1.89. The van der Waals surface area contributed by atoms with Crippen molar-refractivity contribution in [1.82, 2.24) is 9.97 Å². The van der Waals surface area contributed by atoms with E-state index in [2.05, 4.69) is 9.97 Å². The molecule has 0 atom stereocenters. The average molecular weight is 260 g/mol. The molecular formula is C17H12N2O. The monoisotopic (exact) mass is 260 g/mol. The minimum absolute atomic E-state index is 0.0616. The summed E-state index contributed by atoms with van der Waals surface area (Å²) in [5.74, 6) is 0. The highest BCUT2D eigenvalue weighted by Gasteiger charge is 2.10. The summed E-state index contributed by atoms with van der Waals surface area (Å²) in [6.45, 7) is 0. The van der Waals surface area contributed by atoms with E-state index in [-0.39, 0.29) is 5.56 Å². The maximum absolute atomic E-state index is 12.3. The fourth-order valence-electron chi connectivity index (χ4n) is 2.64. The fourth-order valence-corrected chi connectivity index (χ4v) is 2.64. The van der Waals surface area contributed by atoms with E-state index in [1.54, 1.807) is 0 Å². The van der Waals surface area contributed by atoms with Crippen molar-refractivity contribution in [1.29, 1.82) is 0 Å². The van der Waals surface area contributed by atoms with Gasteiger partial charge in [0, 0.05) is 33.7 Å². The van der Waals surface area contributed by atoms with Crippen LogP contribution in [0, 0.1) is 0 Å². The van der Waals surface area contributed by atoms with Gasteiger partial charge in [0.1, 0.15) is 0 Å². The summed E-state index contributed by atoms with van der Waals surface area (Å²) in [5.41, 5.74) is 3.47. The first-order valence-electron chi connectivity index (χ1n) is 6.51. The van der Waals surface area contributed by atoms with Gasteiger partial charge in [0.25, 0.3) is 5.56 Å². The van der Waals surface area contributed by atoms with E-state index < -0.39 is 0 Å². The summed E-state index contributed by atoms with van der Waals surface area (Å²) in [6, 6.07) is 17.7. The Hall–Kier alpha value is -2.81. The van der Waals surface area contributed by atoms with Gasteiger partial charge in [-0.1, -0.05) is 36.4 Å². The van der Waals surface area contributed by atoms with Crippen molar-refractivity contribution >= 4 is 21.8 Å². The zero-order valence-electron chi connectivity index (χ0n) is 10.7. The maximum atomic E-state index is 12.3. The predicted molar refractivity (Wildman–Crippen MR) is 81.9 cm³/mol. The van der Waals surface area contributed by atoms with E-state index in [1.165, 1.54) is 0 Å². The van der Waals surface area contributed by atoms with E-state index in [4.69, 9.17) is 0 Å². The van der Waals surface area contributed by atoms with Crippen molar-refractivity contribution in [2.45, 2.75) is 0 Å². The molecule has 0 fully saturated rings. The second kappa shape index (κ2) is 4.10. The fraction of sp³-hybridized carbons (Fsp3) is 0. The van der Waals surface area contributed by atoms with Gasteiger partial charge < -0.3 is 9.97 Å². The third-order valence-electron chi connectivity index (χ3n) is 3.63. The number of nitrogens with one attached hydrogen (secondary N) is 2. The Bertz CT molecular complexity index is 979. The van der Waals surface area contributed by atoms with E-state index >= 15 is 0 Å². The number of para-hydroxylation sites is 2.